The standard InChI is InChI=1S/C17H15N3O/c21-11-13-5-4-6-14(9-13)16-10-17(19-12-18-16)20-15-7-2-1-3-8-15/h1-10,12,21H,11H2,(H,18,19,20). The van der Waals surface area contributed by atoms with Gasteiger partial charge >= 0.3 is 0 Å². The molecule has 0 bridgehead atoms. The van der Waals surface area contributed by atoms with Gasteiger partial charge in [-0.15, -0.1) is 0 Å². The zero-order valence-electron chi connectivity index (χ0n) is 11.4. The first-order valence-electron chi connectivity index (χ1n) is 6.69. The van der Waals surface area contributed by atoms with Crippen molar-refractivity contribution in [3.8, 4) is 11.3 Å². The molecule has 0 unspecified atom stereocenters. The predicted molar refractivity (Wildman–Crippen MR) is 83.1 cm³/mol. The van der Waals surface area contributed by atoms with Crippen molar-refractivity contribution in [3.63, 3.8) is 0 Å². The lowest BCUT2D eigenvalue weighted by atomic mass is 10.1. The van der Waals surface area contributed by atoms with Crippen molar-refractivity contribution in [1.82, 2.24) is 9.97 Å². The van der Waals surface area contributed by atoms with Crippen molar-refractivity contribution in [3.05, 3.63) is 72.6 Å². The van der Waals surface area contributed by atoms with Gasteiger partial charge in [0.2, 0.25) is 0 Å². The number of hydrogen-bond donors (Lipinski definition) is 2. The minimum Gasteiger partial charge on any atom is -0.392 e. The highest BCUT2D eigenvalue weighted by Crippen LogP contribution is 2.21. The molecule has 3 aromatic rings. The van der Waals surface area contributed by atoms with Crippen molar-refractivity contribution in [2.45, 2.75) is 6.61 Å². The predicted octanol–water partition coefficient (Wildman–Crippen LogP) is 3.38. The number of hydrogen-bond acceptors (Lipinski definition) is 4. The van der Waals surface area contributed by atoms with Gasteiger partial charge in [-0.05, 0) is 23.8 Å². The summed E-state index contributed by atoms with van der Waals surface area (Å²) in [4.78, 5) is 8.53. The van der Waals surface area contributed by atoms with Crippen LogP contribution in [-0.2, 0) is 6.61 Å². The average molecular weight is 277 g/mol. The number of aromatic nitrogens is 2. The van der Waals surface area contributed by atoms with Crippen LogP contribution in [0.25, 0.3) is 11.3 Å². The zero-order valence-corrected chi connectivity index (χ0v) is 11.4. The van der Waals surface area contributed by atoms with Gasteiger partial charge in [0.25, 0.3) is 0 Å². The maximum atomic E-state index is 9.21. The smallest absolute Gasteiger partial charge is 0.134 e. The molecule has 0 aliphatic heterocycles. The van der Waals surface area contributed by atoms with Crippen LogP contribution in [0.1, 0.15) is 5.56 Å². The summed E-state index contributed by atoms with van der Waals surface area (Å²) >= 11 is 0. The van der Waals surface area contributed by atoms with E-state index in [1.807, 2.05) is 60.7 Å². The van der Waals surface area contributed by atoms with Crippen LogP contribution in [0.4, 0.5) is 11.5 Å². The molecular formula is C17H15N3O. The summed E-state index contributed by atoms with van der Waals surface area (Å²) in [5.74, 6) is 0.737. The van der Waals surface area contributed by atoms with Crippen LogP contribution >= 0.6 is 0 Å². The maximum absolute atomic E-state index is 9.21. The van der Waals surface area contributed by atoms with E-state index in [4.69, 9.17) is 0 Å². The second-order valence-electron chi connectivity index (χ2n) is 4.64. The van der Waals surface area contributed by atoms with Gasteiger partial charge in [-0.2, -0.15) is 0 Å². The Hall–Kier alpha value is -2.72. The van der Waals surface area contributed by atoms with Crippen molar-refractivity contribution in [2.24, 2.45) is 0 Å². The molecule has 0 saturated carbocycles. The summed E-state index contributed by atoms with van der Waals surface area (Å²) in [5, 5.41) is 12.5. The molecule has 104 valence electrons. The lowest BCUT2D eigenvalue weighted by molar-refractivity contribution is 0.282. The Bertz CT molecular complexity index is 729. The monoisotopic (exact) mass is 277 g/mol. The number of benzene rings is 2. The zero-order chi connectivity index (χ0) is 14.5. The summed E-state index contributed by atoms with van der Waals surface area (Å²) < 4.78 is 0. The summed E-state index contributed by atoms with van der Waals surface area (Å²) in [5.41, 5.74) is 3.62. The molecule has 0 spiro atoms. The SMILES string of the molecule is OCc1cccc(-c2cc(Nc3ccccc3)ncn2)c1. The van der Waals surface area contributed by atoms with Crippen molar-refractivity contribution in [1.29, 1.82) is 0 Å². The maximum Gasteiger partial charge on any atom is 0.134 e. The quantitative estimate of drug-likeness (QED) is 0.767. The summed E-state index contributed by atoms with van der Waals surface area (Å²) in [6.45, 7) is 0.0219. The summed E-state index contributed by atoms with van der Waals surface area (Å²) in [6.07, 6.45) is 1.53. The molecule has 0 saturated heterocycles. The fraction of sp³-hybridized carbons (Fsp3) is 0.0588. The molecule has 4 heteroatoms. The van der Waals surface area contributed by atoms with E-state index < -0.39 is 0 Å². The Kier molecular flexibility index (Phi) is 3.89. The fourth-order valence-corrected chi connectivity index (χ4v) is 2.08. The topological polar surface area (TPSA) is 58.0 Å². The summed E-state index contributed by atoms with van der Waals surface area (Å²) in [7, 11) is 0. The number of aliphatic hydroxyl groups excluding tert-OH is 1. The van der Waals surface area contributed by atoms with Crippen molar-refractivity contribution >= 4 is 11.5 Å². The molecule has 1 heterocycles. The van der Waals surface area contributed by atoms with Crippen molar-refractivity contribution in [2.75, 3.05) is 5.32 Å². The number of para-hydroxylation sites is 1. The normalized spacial score (nSPS) is 10.3. The summed E-state index contributed by atoms with van der Waals surface area (Å²) in [6, 6.07) is 19.4. The van der Waals surface area contributed by atoms with E-state index in [2.05, 4.69) is 15.3 Å². The molecule has 0 aliphatic carbocycles. The number of nitrogens with one attached hydrogen (secondary N) is 1. The van der Waals surface area contributed by atoms with Gasteiger partial charge in [-0.1, -0.05) is 36.4 Å². The number of aliphatic hydroxyl groups is 1. The van der Waals surface area contributed by atoms with E-state index >= 15 is 0 Å². The van der Waals surface area contributed by atoms with E-state index in [1.54, 1.807) is 0 Å². The molecule has 21 heavy (non-hydrogen) atoms. The first-order valence-corrected chi connectivity index (χ1v) is 6.69. The largest absolute Gasteiger partial charge is 0.392 e. The second-order valence-corrected chi connectivity index (χ2v) is 4.64. The van der Waals surface area contributed by atoms with Gasteiger partial charge < -0.3 is 10.4 Å². The number of nitrogens with zero attached hydrogens (tertiary/aromatic N) is 2. The van der Waals surface area contributed by atoms with Gasteiger partial charge in [0.15, 0.2) is 0 Å². The molecule has 0 aliphatic rings. The van der Waals surface area contributed by atoms with Crippen LogP contribution in [0.5, 0.6) is 0 Å². The van der Waals surface area contributed by atoms with Crippen LogP contribution in [0, 0.1) is 0 Å². The average Bonchev–Trinajstić information content (AvgIpc) is 2.56. The van der Waals surface area contributed by atoms with Crippen LogP contribution < -0.4 is 5.32 Å². The number of rotatable bonds is 4. The van der Waals surface area contributed by atoms with Crippen molar-refractivity contribution < 1.29 is 5.11 Å². The van der Waals surface area contributed by atoms with Crippen LogP contribution in [0.3, 0.4) is 0 Å². The second kappa shape index (κ2) is 6.15. The van der Waals surface area contributed by atoms with E-state index in [-0.39, 0.29) is 6.61 Å². The Morgan fingerprint density at radius 2 is 1.76 bits per heavy atom. The molecule has 2 N–H and O–H groups in total. The van der Waals surface area contributed by atoms with E-state index in [0.717, 1.165) is 28.3 Å². The third-order valence-electron chi connectivity index (χ3n) is 3.12. The lowest BCUT2D eigenvalue weighted by Crippen LogP contribution is -1.95. The first-order chi connectivity index (χ1) is 10.3. The Labute approximate surface area is 123 Å². The minimum atomic E-state index is 0.0219. The van der Waals surface area contributed by atoms with Gasteiger partial charge in [0.05, 0.1) is 12.3 Å². The van der Waals surface area contributed by atoms with E-state index in [0.29, 0.717) is 0 Å². The lowest BCUT2D eigenvalue weighted by Gasteiger charge is -2.07. The molecule has 3 rings (SSSR count). The fourth-order valence-electron chi connectivity index (χ4n) is 2.08. The molecule has 1 aromatic heterocycles. The number of anilines is 2. The van der Waals surface area contributed by atoms with Gasteiger partial charge in [-0.25, -0.2) is 9.97 Å². The molecule has 0 amide bonds. The molecular weight excluding hydrogens is 262 g/mol. The minimum absolute atomic E-state index is 0.0219. The molecule has 0 atom stereocenters. The Morgan fingerprint density at radius 1 is 0.905 bits per heavy atom. The van der Waals surface area contributed by atoms with E-state index in [9.17, 15) is 5.11 Å². The highest BCUT2D eigenvalue weighted by atomic mass is 16.3. The molecule has 0 fully saturated rings. The van der Waals surface area contributed by atoms with Crippen LogP contribution in [0.15, 0.2) is 67.0 Å². The highest BCUT2D eigenvalue weighted by Gasteiger charge is 2.03. The van der Waals surface area contributed by atoms with Gasteiger partial charge in [-0.3, -0.25) is 0 Å². The van der Waals surface area contributed by atoms with Gasteiger partial charge in [0.1, 0.15) is 12.1 Å². The highest BCUT2D eigenvalue weighted by molar-refractivity contribution is 5.65. The molecule has 2 aromatic carbocycles. The molecule has 4 nitrogen and oxygen atoms in total. The van der Waals surface area contributed by atoms with E-state index in [1.165, 1.54) is 6.33 Å². The Morgan fingerprint density at radius 3 is 2.57 bits per heavy atom. The van der Waals surface area contributed by atoms with Crippen LogP contribution in [0.2, 0.25) is 0 Å². The third kappa shape index (κ3) is 3.24. The first kappa shape index (κ1) is 13.3. The van der Waals surface area contributed by atoms with Gasteiger partial charge in [0, 0.05) is 17.3 Å². The van der Waals surface area contributed by atoms with Crippen LogP contribution in [-0.4, -0.2) is 15.1 Å². The third-order valence-corrected chi connectivity index (χ3v) is 3.12. The Balaban J connectivity index is 1.89. The molecule has 0 radical (unpaired) electrons.